The van der Waals surface area contributed by atoms with Crippen LogP contribution in [-0.4, -0.2) is 23.9 Å². The molecular weight excluding hydrogens is 332 g/mol. The Morgan fingerprint density at radius 2 is 1.15 bits per heavy atom. The topological polar surface area (TPSA) is 34.0 Å². The molecule has 0 N–H and O–H groups in total. The minimum Gasteiger partial charge on any atom is -0.449 e. The molecule has 27 heavy (non-hydrogen) atoms. The van der Waals surface area contributed by atoms with Crippen LogP contribution in [0.5, 0.6) is 0 Å². The zero-order valence-corrected chi connectivity index (χ0v) is 14.7. The summed E-state index contributed by atoms with van der Waals surface area (Å²) in [6.07, 6.45) is 1.81. The standard InChI is InChI=1S/C24H18N2O/c1-4-10-17(11-5-1)20-16-21(18-12-6-2-7-13-18)25-24-22(20)26-23(27-24)19-14-8-3-9-15-19/h1-16,22,24H/t22-,24-/m0/s1. The van der Waals surface area contributed by atoms with Crippen LogP contribution in [0.25, 0.3) is 5.57 Å². The Labute approximate surface area is 158 Å². The maximum absolute atomic E-state index is 6.18. The Morgan fingerprint density at radius 1 is 0.593 bits per heavy atom. The van der Waals surface area contributed by atoms with Gasteiger partial charge in [0, 0.05) is 5.56 Å². The first-order chi connectivity index (χ1) is 13.4. The number of benzene rings is 3. The third kappa shape index (κ3) is 2.97. The molecule has 3 aromatic carbocycles. The highest BCUT2D eigenvalue weighted by Crippen LogP contribution is 2.34. The van der Waals surface area contributed by atoms with E-state index in [0.717, 1.165) is 28.0 Å². The largest absolute Gasteiger partial charge is 0.449 e. The van der Waals surface area contributed by atoms with Gasteiger partial charge in [-0.05, 0) is 34.9 Å². The number of hydrogen-bond donors (Lipinski definition) is 0. The van der Waals surface area contributed by atoms with Crippen molar-refractivity contribution in [2.75, 3.05) is 0 Å². The molecule has 3 heteroatoms. The zero-order valence-electron chi connectivity index (χ0n) is 14.7. The monoisotopic (exact) mass is 350 g/mol. The number of allylic oxidation sites excluding steroid dienone is 1. The molecule has 2 heterocycles. The van der Waals surface area contributed by atoms with Crippen molar-refractivity contribution in [1.29, 1.82) is 0 Å². The Kier molecular flexibility index (Phi) is 3.91. The fourth-order valence-corrected chi connectivity index (χ4v) is 3.50. The number of nitrogens with zero attached hydrogens (tertiary/aromatic N) is 2. The van der Waals surface area contributed by atoms with Gasteiger partial charge in [-0.25, -0.2) is 9.98 Å². The molecule has 0 saturated heterocycles. The highest BCUT2D eigenvalue weighted by atomic mass is 16.5. The van der Waals surface area contributed by atoms with E-state index in [9.17, 15) is 0 Å². The van der Waals surface area contributed by atoms with Gasteiger partial charge in [-0.3, -0.25) is 0 Å². The van der Waals surface area contributed by atoms with Crippen LogP contribution in [0.1, 0.15) is 16.7 Å². The van der Waals surface area contributed by atoms with Crippen LogP contribution >= 0.6 is 0 Å². The second-order valence-corrected chi connectivity index (χ2v) is 6.60. The highest BCUT2D eigenvalue weighted by Gasteiger charge is 2.37. The van der Waals surface area contributed by atoms with Crippen molar-refractivity contribution in [2.24, 2.45) is 9.98 Å². The van der Waals surface area contributed by atoms with Gasteiger partial charge in [-0.15, -0.1) is 0 Å². The molecule has 2 aliphatic rings. The van der Waals surface area contributed by atoms with Crippen molar-refractivity contribution in [3.63, 3.8) is 0 Å². The summed E-state index contributed by atoms with van der Waals surface area (Å²) in [5, 5.41) is 0. The summed E-state index contributed by atoms with van der Waals surface area (Å²) in [6.45, 7) is 0. The van der Waals surface area contributed by atoms with Crippen molar-refractivity contribution >= 4 is 17.2 Å². The van der Waals surface area contributed by atoms with Crippen molar-refractivity contribution < 1.29 is 4.74 Å². The number of hydrogen-bond acceptors (Lipinski definition) is 3. The Morgan fingerprint density at radius 3 is 1.78 bits per heavy atom. The molecule has 5 rings (SSSR count). The predicted octanol–water partition coefficient (Wildman–Crippen LogP) is 4.74. The summed E-state index contributed by atoms with van der Waals surface area (Å²) in [5.74, 6) is 0.658. The highest BCUT2D eigenvalue weighted by molar-refractivity contribution is 6.14. The first kappa shape index (κ1) is 15.8. The maximum Gasteiger partial charge on any atom is 0.219 e. The molecule has 130 valence electrons. The lowest BCUT2D eigenvalue weighted by molar-refractivity contribution is 0.218. The van der Waals surface area contributed by atoms with E-state index in [2.05, 4.69) is 42.5 Å². The molecule has 2 aliphatic heterocycles. The van der Waals surface area contributed by atoms with E-state index in [4.69, 9.17) is 14.7 Å². The molecule has 0 aliphatic carbocycles. The Bertz CT molecular complexity index is 1040. The first-order valence-corrected chi connectivity index (χ1v) is 9.08. The van der Waals surface area contributed by atoms with Crippen LogP contribution in [0, 0.1) is 0 Å². The fourth-order valence-electron chi connectivity index (χ4n) is 3.50. The van der Waals surface area contributed by atoms with Gasteiger partial charge in [0.15, 0.2) is 0 Å². The van der Waals surface area contributed by atoms with E-state index in [1.807, 2.05) is 54.6 Å². The maximum atomic E-state index is 6.18. The number of aliphatic imine (C=N–C) groups is 2. The summed E-state index contributed by atoms with van der Waals surface area (Å²) in [5.41, 5.74) is 5.29. The van der Waals surface area contributed by atoms with E-state index < -0.39 is 0 Å². The molecule has 0 saturated carbocycles. The van der Waals surface area contributed by atoms with Gasteiger partial charge >= 0.3 is 0 Å². The van der Waals surface area contributed by atoms with Crippen LogP contribution in [-0.2, 0) is 4.74 Å². The van der Waals surface area contributed by atoms with E-state index in [1.165, 1.54) is 0 Å². The summed E-state index contributed by atoms with van der Waals surface area (Å²) in [4.78, 5) is 9.75. The quantitative estimate of drug-likeness (QED) is 0.671. The zero-order chi connectivity index (χ0) is 18.1. The SMILES string of the molecule is C1=C(c2ccccc2)[C@@H]2N=C(c3ccccc3)O[C@@H]2N=C1c1ccccc1. The third-order valence-corrected chi connectivity index (χ3v) is 4.83. The van der Waals surface area contributed by atoms with E-state index in [0.29, 0.717) is 5.90 Å². The van der Waals surface area contributed by atoms with Gasteiger partial charge in [0.2, 0.25) is 12.1 Å². The molecule has 2 atom stereocenters. The van der Waals surface area contributed by atoms with E-state index in [-0.39, 0.29) is 12.3 Å². The van der Waals surface area contributed by atoms with Gasteiger partial charge in [0.1, 0.15) is 6.04 Å². The lowest BCUT2D eigenvalue weighted by Crippen LogP contribution is -2.27. The van der Waals surface area contributed by atoms with Crippen LogP contribution in [0.15, 0.2) is 107 Å². The van der Waals surface area contributed by atoms with Crippen LogP contribution in [0.3, 0.4) is 0 Å². The van der Waals surface area contributed by atoms with Crippen LogP contribution in [0.4, 0.5) is 0 Å². The Hall–Kier alpha value is -3.46. The second-order valence-electron chi connectivity index (χ2n) is 6.60. The molecule has 0 aromatic heterocycles. The molecule has 0 fully saturated rings. The Balaban J connectivity index is 1.60. The molecule has 0 amide bonds. The predicted molar refractivity (Wildman–Crippen MR) is 109 cm³/mol. The van der Waals surface area contributed by atoms with Crippen molar-refractivity contribution in [3.8, 4) is 0 Å². The van der Waals surface area contributed by atoms with Crippen molar-refractivity contribution in [1.82, 2.24) is 0 Å². The summed E-state index contributed by atoms with van der Waals surface area (Å²) < 4.78 is 6.18. The van der Waals surface area contributed by atoms with Gasteiger partial charge in [0.05, 0.1) is 5.71 Å². The molecule has 0 unspecified atom stereocenters. The first-order valence-electron chi connectivity index (χ1n) is 9.08. The van der Waals surface area contributed by atoms with Gasteiger partial charge in [-0.2, -0.15) is 0 Å². The fraction of sp³-hybridized carbons (Fsp3) is 0.0833. The van der Waals surface area contributed by atoms with Crippen LogP contribution in [0.2, 0.25) is 0 Å². The molecule has 3 aromatic rings. The molecule has 0 bridgehead atoms. The van der Waals surface area contributed by atoms with E-state index in [1.54, 1.807) is 0 Å². The smallest absolute Gasteiger partial charge is 0.219 e. The molecule has 0 spiro atoms. The normalized spacial score (nSPS) is 20.8. The summed E-state index contributed by atoms with van der Waals surface area (Å²) >= 11 is 0. The average molecular weight is 350 g/mol. The van der Waals surface area contributed by atoms with Gasteiger partial charge < -0.3 is 4.74 Å². The van der Waals surface area contributed by atoms with Gasteiger partial charge in [0.25, 0.3) is 0 Å². The number of rotatable bonds is 3. The summed E-state index contributed by atoms with van der Waals surface area (Å²) in [7, 11) is 0. The minimum atomic E-state index is -0.337. The number of ether oxygens (including phenoxy) is 1. The molecule has 0 radical (unpaired) electrons. The second kappa shape index (κ2) is 6.69. The van der Waals surface area contributed by atoms with Gasteiger partial charge in [-0.1, -0.05) is 78.9 Å². The van der Waals surface area contributed by atoms with E-state index >= 15 is 0 Å². The number of dihydropyridines is 1. The van der Waals surface area contributed by atoms with Crippen molar-refractivity contribution in [3.05, 3.63) is 114 Å². The lowest BCUT2D eigenvalue weighted by Gasteiger charge is -2.23. The number of fused-ring (bicyclic) bond motifs is 1. The third-order valence-electron chi connectivity index (χ3n) is 4.83. The summed E-state index contributed by atoms with van der Waals surface area (Å²) in [6, 6.07) is 30.5. The molecule has 3 nitrogen and oxygen atoms in total. The van der Waals surface area contributed by atoms with Crippen LogP contribution < -0.4 is 0 Å². The lowest BCUT2D eigenvalue weighted by atomic mass is 9.92. The van der Waals surface area contributed by atoms with Crippen molar-refractivity contribution in [2.45, 2.75) is 12.3 Å². The average Bonchev–Trinajstić information content (AvgIpc) is 3.19. The molecular formula is C24H18N2O. The minimum absolute atomic E-state index is 0.130.